The SMILES string of the molecule is CCCCCCCCCCC(C)(C)C(=O)CC1CCCNC1=O. The van der Waals surface area contributed by atoms with Gasteiger partial charge in [0.05, 0.1) is 0 Å². The Hall–Kier alpha value is -0.860. The molecule has 1 aliphatic heterocycles. The zero-order valence-corrected chi connectivity index (χ0v) is 15.6. The second-order valence-corrected chi connectivity index (χ2v) is 7.87. The van der Waals surface area contributed by atoms with Crippen molar-refractivity contribution in [2.45, 2.75) is 97.8 Å². The fourth-order valence-electron chi connectivity index (χ4n) is 3.37. The first-order valence-corrected chi connectivity index (χ1v) is 9.78. The minimum Gasteiger partial charge on any atom is -0.356 e. The monoisotopic (exact) mass is 323 g/mol. The van der Waals surface area contributed by atoms with Crippen LogP contribution in [0, 0.1) is 11.3 Å². The third-order valence-corrected chi connectivity index (χ3v) is 5.24. The molecule has 1 fully saturated rings. The molecule has 1 atom stereocenters. The van der Waals surface area contributed by atoms with Crippen molar-refractivity contribution in [2.75, 3.05) is 6.54 Å². The summed E-state index contributed by atoms with van der Waals surface area (Å²) >= 11 is 0. The molecule has 0 radical (unpaired) electrons. The molecular formula is C20H37NO2. The van der Waals surface area contributed by atoms with Crippen LogP contribution >= 0.6 is 0 Å². The quantitative estimate of drug-likeness (QED) is 0.512. The van der Waals surface area contributed by atoms with E-state index in [-0.39, 0.29) is 23.0 Å². The second kappa shape index (κ2) is 10.8. The number of nitrogens with one attached hydrogen (secondary N) is 1. The Balaban J connectivity index is 2.18. The van der Waals surface area contributed by atoms with Crippen molar-refractivity contribution in [3.05, 3.63) is 0 Å². The van der Waals surface area contributed by atoms with Crippen LogP contribution in [0.25, 0.3) is 0 Å². The molecule has 0 aromatic heterocycles. The predicted molar refractivity (Wildman–Crippen MR) is 96.4 cm³/mol. The van der Waals surface area contributed by atoms with Gasteiger partial charge in [0.2, 0.25) is 5.91 Å². The Labute approximate surface area is 143 Å². The Bertz CT molecular complexity index is 363. The molecule has 0 aromatic carbocycles. The average Bonchev–Trinajstić information content (AvgIpc) is 2.52. The van der Waals surface area contributed by atoms with Crippen LogP contribution in [0.2, 0.25) is 0 Å². The maximum Gasteiger partial charge on any atom is 0.223 e. The van der Waals surface area contributed by atoms with Crippen molar-refractivity contribution in [3.8, 4) is 0 Å². The highest BCUT2D eigenvalue weighted by atomic mass is 16.2. The second-order valence-electron chi connectivity index (χ2n) is 7.87. The standard InChI is InChI=1S/C20H37NO2/c1-4-5-6-7-8-9-10-11-14-20(2,3)18(22)16-17-13-12-15-21-19(17)23/h17H,4-16H2,1-3H3,(H,21,23). The average molecular weight is 324 g/mol. The molecule has 0 bridgehead atoms. The van der Waals surface area contributed by atoms with Gasteiger partial charge in [0.25, 0.3) is 0 Å². The van der Waals surface area contributed by atoms with Gasteiger partial charge in [-0.05, 0) is 19.3 Å². The molecule has 0 saturated carbocycles. The lowest BCUT2D eigenvalue weighted by Gasteiger charge is -2.27. The van der Waals surface area contributed by atoms with Gasteiger partial charge in [-0.3, -0.25) is 9.59 Å². The number of ketones is 1. The zero-order valence-electron chi connectivity index (χ0n) is 15.6. The van der Waals surface area contributed by atoms with Gasteiger partial charge in [-0.25, -0.2) is 0 Å². The minimum absolute atomic E-state index is 0.0764. The first-order valence-electron chi connectivity index (χ1n) is 9.78. The summed E-state index contributed by atoms with van der Waals surface area (Å²) in [7, 11) is 0. The molecule has 23 heavy (non-hydrogen) atoms. The van der Waals surface area contributed by atoms with E-state index in [1.165, 1.54) is 44.9 Å². The maximum atomic E-state index is 12.5. The van der Waals surface area contributed by atoms with E-state index in [1.807, 2.05) is 0 Å². The summed E-state index contributed by atoms with van der Waals surface area (Å²) in [5.41, 5.74) is -0.278. The summed E-state index contributed by atoms with van der Waals surface area (Å²) < 4.78 is 0. The van der Waals surface area contributed by atoms with Crippen LogP contribution < -0.4 is 5.32 Å². The van der Waals surface area contributed by atoms with Crippen LogP contribution in [0.4, 0.5) is 0 Å². The van der Waals surface area contributed by atoms with Crippen molar-refractivity contribution in [1.82, 2.24) is 5.32 Å². The van der Waals surface area contributed by atoms with Gasteiger partial charge < -0.3 is 5.32 Å². The largest absolute Gasteiger partial charge is 0.356 e. The molecule has 0 aromatic rings. The van der Waals surface area contributed by atoms with Gasteiger partial charge in [0.15, 0.2) is 0 Å². The summed E-state index contributed by atoms with van der Waals surface area (Å²) in [6.45, 7) is 7.12. The van der Waals surface area contributed by atoms with Gasteiger partial charge >= 0.3 is 0 Å². The zero-order chi connectivity index (χ0) is 17.1. The maximum absolute atomic E-state index is 12.5. The fourth-order valence-corrected chi connectivity index (χ4v) is 3.37. The predicted octanol–water partition coefficient (Wildman–Crippen LogP) is 5.03. The van der Waals surface area contributed by atoms with Gasteiger partial charge in [0, 0.05) is 24.3 Å². The highest BCUT2D eigenvalue weighted by molar-refractivity contribution is 5.90. The molecule has 1 N–H and O–H groups in total. The van der Waals surface area contributed by atoms with E-state index in [0.717, 1.165) is 32.2 Å². The molecule has 134 valence electrons. The molecule has 0 spiro atoms. The molecule has 1 heterocycles. The smallest absolute Gasteiger partial charge is 0.223 e. The Morgan fingerprint density at radius 3 is 2.30 bits per heavy atom. The van der Waals surface area contributed by atoms with Crippen LogP contribution in [0.1, 0.15) is 97.8 Å². The molecule has 1 rings (SSSR count). The number of carbonyl (C=O) groups is 2. The molecule has 1 aliphatic rings. The van der Waals surface area contributed by atoms with Gasteiger partial charge in [-0.1, -0.05) is 72.1 Å². The highest BCUT2D eigenvalue weighted by Crippen LogP contribution is 2.29. The third-order valence-electron chi connectivity index (χ3n) is 5.24. The summed E-state index contributed by atoms with van der Waals surface area (Å²) in [5, 5.41) is 2.88. The summed E-state index contributed by atoms with van der Waals surface area (Å²) in [4.78, 5) is 24.3. The number of amides is 1. The number of piperidine rings is 1. The van der Waals surface area contributed by atoms with Crippen LogP contribution in [-0.2, 0) is 9.59 Å². The van der Waals surface area contributed by atoms with E-state index in [0.29, 0.717) is 6.42 Å². The third kappa shape index (κ3) is 7.99. The molecular weight excluding hydrogens is 286 g/mol. The van der Waals surface area contributed by atoms with Gasteiger partial charge in [0.1, 0.15) is 5.78 Å². The van der Waals surface area contributed by atoms with Crippen LogP contribution in [0.5, 0.6) is 0 Å². The van der Waals surface area contributed by atoms with Crippen molar-refractivity contribution >= 4 is 11.7 Å². The first kappa shape index (κ1) is 20.2. The van der Waals surface area contributed by atoms with Crippen molar-refractivity contribution in [3.63, 3.8) is 0 Å². The summed E-state index contributed by atoms with van der Waals surface area (Å²) in [6, 6.07) is 0. The lowest BCUT2D eigenvalue weighted by atomic mass is 9.78. The van der Waals surface area contributed by atoms with Gasteiger partial charge in [-0.15, -0.1) is 0 Å². The lowest BCUT2D eigenvalue weighted by Crippen LogP contribution is -2.39. The number of carbonyl (C=O) groups excluding carboxylic acids is 2. The molecule has 1 unspecified atom stereocenters. The molecule has 1 amide bonds. The number of rotatable bonds is 12. The van der Waals surface area contributed by atoms with Crippen LogP contribution in [0.15, 0.2) is 0 Å². The number of unbranched alkanes of at least 4 members (excludes halogenated alkanes) is 7. The molecule has 3 heteroatoms. The number of Topliss-reactive ketones (excluding diaryl/α,β-unsaturated/α-hetero) is 1. The summed E-state index contributed by atoms with van der Waals surface area (Å²) in [5.74, 6) is 0.254. The normalized spacial score (nSPS) is 18.7. The lowest BCUT2D eigenvalue weighted by molar-refractivity contribution is -0.134. The van der Waals surface area contributed by atoms with E-state index in [9.17, 15) is 9.59 Å². The van der Waals surface area contributed by atoms with E-state index in [2.05, 4.69) is 26.1 Å². The number of hydrogen-bond donors (Lipinski definition) is 1. The van der Waals surface area contributed by atoms with Crippen molar-refractivity contribution < 1.29 is 9.59 Å². The van der Waals surface area contributed by atoms with E-state index < -0.39 is 0 Å². The summed E-state index contributed by atoms with van der Waals surface area (Å²) in [6.07, 6.45) is 13.6. The first-order chi connectivity index (χ1) is 11.0. The topological polar surface area (TPSA) is 46.2 Å². The number of hydrogen-bond acceptors (Lipinski definition) is 2. The van der Waals surface area contributed by atoms with E-state index >= 15 is 0 Å². The highest BCUT2D eigenvalue weighted by Gasteiger charge is 2.32. The van der Waals surface area contributed by atoms with E-state index in [4.69, 9.17) is 0 Å². The Kier molecular flexibility index (Phi) is 9.50. The molecule has 0 aliphatic carbocycles. The molecule has 3 nitrogen and oxygen atoms in total. The molecule has 1 saturated heterocycles. The van der Waals surface area contributed by atoms with E-state index in [1.54, 1.807) is 0 Å². The van der Waals surface area contributed by atoms with Gasteiger partial charge in [-0.2, -0.15) is 0 Å². The Morgan fingerprint density at radius 1 is 1.09 bits per heavy atom. The van der Waals surface area contributed by atoms with Crippen LogP contribution in [-0.4, -0.2) is 18.2 Å². The minimum atomic E-state index is -0.278. The van der Waals surface area contributed by atoms with Crippen molar-refractivity contribution in [2.24, 2.45) is 11.3 Å². The van der Waals surface area contributed by atoms with Crippen LogP contribution in [0.3, 0.4) is 0 Å². The Morgan fingerprint density at radius 2 is 1.70 bits per heavy atom. The van der Waals surface area contributed by atoms with Crippen molar-refractivity contribution in [1.29, 1.82) is 0 Å². The fraction of sp³-hybridized carbons (Fsp3) is 0.900.